The highest BCUT2D eigenvalue weighted by Gasteiger charge is 2.16. The molecule has 104 valence electrons. The standard InChI is InChI=1S/C16H22O3/c1-9(2)13(8-15(17)18)14-7-10(3)16(19-6)12(5)11(14)4/h7-9H,1-6H3,(H,17,18)/b13-8+. The number of hydrogen-bond donors (Lipinski definition) is 1. The molecule has 3 nitrogen and oxygen atoms in total. The fraction of sp³-hybridized carbons (Fsp3) is 0.438. The van der Waals surface area contributed by atoms with Crippen molar-refractivity contribution in [1.82, 2.24) is 0 Å². The van der Waals surface area contributed by atoms with E-state index >= 15 is 0 Å². The lowest BCUT2D eigenvalue weighted by Gasteiger charge is -2.19. The first-order valence-electron chi connectivity index (χ1n) is 6.39. The summed E-state index contributed by atoms with van der Waals surface area (Å²) in [6.45, 7) is 9.99. The minimum Gasteiger partial charge on any atom is -0.496 e. The molecule has 0 aliphatic heterocycles. The second-order valence-corrected chi connectivity index (χ2v) is 5.12. The Balaban J connectivity index is 3.54. The van der Waals surface area contributed by atoms with Crippen molar-refractivity contribution in [1.29, 1.82) is 0 Å². The van der Waals surface area contributed by atoms with Gasteiger partial charge in [-0.3, -0.25) is 0 Å². The quantitative estimate of drug-likeness (QED) is 0.841. The monoisotopic (exact) mass is 262 g/mol. The second-order valence-electron chi connectivity index (χ2n) is 5.12. The van der Waals surface area contributed by atoms with Crippen LogP contribution in [0.4, 0.5) is 0 Å². The van der Waals surface area contributed by atoms with Crippen LogP contribution in [0.2, 0.25) is 0 Å². The van der Waals surface area contributed by atoms with E-state index in [1.165, 1.54) is 6.08 Å². The van der Waals surface area contributed by atoms with Gasteiger partial charge in [0.2, 0.25) is 0 Å². The Morgan fingerprint density at radius 3 is 2.26 bits per heavy atom. The Morgan fingerprint density at radius 2 is 1.84 bits per heavy atom. The Bertz CT molecular complexity index is 525. The molecular weight excluding hydrogens is 240 g/mol. The molecule has 1 rings (SSSR count). The third-order valence-electron chi connectivity index (χ3n) is 3.44. The van der Waals surface area contributed by atoms with Gasteiger partial charge < -0.3 is 9.84 Å². The highest BCUT2D eigenvalue weighted by molar-refractivity contribution is 5.91. The van der Waals surface area contributed by atoms with Crippen LogP contribution in [0, 0.1) is 26.7 Å². The van der Waals surface area contributed by atoms with E-state index in [4.69, 9.17) is 9.84 Å². The lowest BCUT2D eigenvalue weighted by molar-refractivity contribution is -0.131. The average Bonchev–Trinajstić information content (AvgIpc) is 2.31. The summed E-state index contributed by atoms with van der Waals surface area (Å²) in [6, 6.07) is 2.01. The smallest absolute Gasteiger partial charge is 0.328 e. The number of aryl methyl sites for hydroxylation is 1. The molecule has 0 aliphatic carbocycles. The van der Waals surface area contributed by atoms with E-state index < -0.39 is 5.97 Å². The summed E-state index contributed by atoms with van der Waals surface area (Å²) in [5.41, 5.74) is 5.00. The maximum atomic E-state index is 11.0. The predicted octanol–water partition coefficient (Wildman–Crippen LogP) is 3.74. The number of ether oxygens (including phenoxy) is 1. The van der Waals surface area contributed by atoms with Crippen molar-refractivity contribution in [3.05, 3.63) is 34.4 Å². The van der Waals surface area contributed by atoms with E-state index in [-0.39, 0.29) is 5.92 Å². The zero-order valence-corrected chi connectivity index (χ0v) is 12.5. The predicted molar refractivity (Wildman–Crippen MR) is 77.7 cm³/mol. The zero-order valence-electron chi connectivity index (χ0n) is 12.5. The van der Waals surface area contributed by atoms with Crippen LogP contribution >= 0.6 is 0 Å². The first-order valence-corrected chi connectivity index (χ1v) is 6.39. The molecule has 0 saturated carbocycles. The molecule has 1 N–H and O–H groups in total. The molecule has 0 aromatic heterocycles. The fourth-order valence-corrected chi connectivity index (χ4v) is 2.36. The van der Waals surface area contributed by atoms with E-state index in [0.717, 1.165) is 33.6 Å². The van der Waals surface area contributed by atoms with E-state index in [1.807, 2.05) is 40.7 Å². The molecule has 1 aromatic rings. The summed E-state index contributed by atoms with van der Waals surface area (Å²) in [5, 5.41) is 9.02. The number of rotatable bonds is 4. The van der Waals surface area contributed by atoms with Crippen LogP contribution in [0.25, 0.3) is 5.57 Å². The van der Waals surface area contributed by atoms with Gasteiger partial charge in [-0.05, 0) is 60.6 Å². The fourth-order valence-electron chi connectivity index (χ4n) is 2.36. The third kappa shape index (κ3) is 3.16. The largest absolute Gasteiger partial charge is 0.496 e. The third-order valence-corrected chi connectivity index (χ3v) is 3.44. The summed E-state index contributed by atoms with van der Waals surface area (Å²) in [6.07, 6.45) is 1.30. The number of benzene rings is 1. The molecule has 0 aliphatic rings. The van der Waals surface area contributed by atoms with Gasteiger partial charge in [0.15, 0.2) is 0 Å². The van der Waals surface area contributed by atoms with Crippen LogP contribution in [-0.4, -0.2) is 18.2 Å². The summed E-state index contributed by atoms with van der Waals surface area (Å²) in [4.78, 5) is 11.0. The molecule has 0 radical (unpaired) electrons. The number of carboxylic acid groups (broad SMARTS) is 1. The summed E-state index contributed by atoms with van der Waals surface area (Å²) >= 11 is 0. The van der Waals surface area contributed by atoms with Crippen LogP contribution in [0.5, 0.6) is 5.75 Å². The van der Waals surface area contributed by atoms with Gasteiger partial charge in [0, 0.05) is 6.08 Å². The van der Waals surface area contributed by atoms with Gasteiger partial charge in [-0.25, -0.2) is 4.79 Å². The van der Waals surface area contributed by atoms with Crippen molar-refractivity contribution in [3.8, 4) is 5.75 Å². The molecule has 0 heterocycles. The molecule has 0 bridgehead atoms. The van der Waals surface area contributed by atoms with Gasteiger partial charge in [0.25, 0.3) is 0 Å². The van der Waals surface area contributed by atoms with Crippen molar-refractivity contribution >= 4 is 11.5 Å². The van der Waals surface area contributed by atoms with Crippen LogP contribution in [0.1, 0.15) is 36.1 Å². The molecule has 0 spiro atoms. The van der Waals surface area contributed by atoms with Gasteiger partial charge in [-0.1, -0.05) is 13.8 Å². The first-order chi connectivity index (χ1) is 8.79. The van der Waals surface area contributed by atoms with Crippen LogP contribution < -0.4 is 4.74 Å². The Morgan fingerprint density at radius 1 is 1.26 bits per heavy atom. The Labute approximate surface area is 114 Å². The molecule has 19 heavy (non-hydrogen) atoms. The number of methoxy groups -OCH3 is 1. The molecule has 3 heteroatoms. The van der Waals surface area contributed by atoms with Crippen molar-refractivity contribution < 1.29 is 14.6 Å². The maximum Gasteiger partial charge on any atom is 0.328 e. The van der Waals surface area contributed by atoms with Crippen LogP contribution in [-0.2, 0) is 4.79 Å². The number of hydrogen-bond acceptors (Lipinski definition) is 2. The van der Waals surface area contributed by atoms with E-state index in [9.17, 15) is 4.79 Å². The normalized spacial score (nSPS) is 11.8. The molecular formula is C16H22O3. The number of allylic oxidation sites excluding steroid dienone is 1. The SMILES string of the molecule is COc1c(C)cc(/C(=C/C(=O)O)C(C)C)c(C)c1C. The van der Waals surface area contributed by atoms with Gasteiger partial charge >= 0.3 is 5.97 Å². The summed E-state index contributed by atoms with van der Waals surface area (Å²) < 4.78 is 5.40. The highest BCUT2D eigenvalue weighted by Crippen LogP contribution is 2.34. The van der Waals surface area contributed by atoms with Crippen molar-refractivity contribution in [2.45, 2.75) is 34.6 Å². The van der Waals surface area contributed by atoms with Crippen molar-refractivity contribution in [3.63, 3.8) is 0 Å². The molecule has 0 unspecified atom stereocenters. The summed E-state index contributed by atoms with van der Waals surface area (Å²) in [7, 11) is 1.66. The van der Waals surface area contributed by atoms with E-state index in [2.05, 4.69) is 0 Å². The lowest BCUT2D eigenvalue weighted by Crippen LogP contribution is -2.04. The maximum absolute atomic E-state index is 11.0. The molecule has 0 amide bonds. The Hall–Kier alpha value is -1.77. The van der Waals surface area contributed by atoms with Crippen molar-refractivity contribution in [2.24, 2.45) is 5.92 Å². The molecule has 0 fully saturated rings. The van der Waals surface area contributed by atoms with Crippen LogP contribution in [0.3, 0.4) is 0 Å². The topological polar surface area (TPSA) is 46.5 Å². The minimum atomic E-state index is -0.908. The first kappa shape index (κ1) is 15.3. The highest BCUT2D eigenvalue weighted by atomic mass is 16.5. The van der Waals surface area contributed by atoms with E-state index in [0.29, 0.717) is 0 Å². The molecule has 1 aromatic carbocycles. The van der Waals surface area contributed by atoms with E-state index in [1.54, 1.807) is 7.11 Å². The Kier molecular flexibility index (Phi) is 4.76. The van der Waals surface area contributed by atoms with Crippen LogP contribution in [0.15, 0.2) is 12.1 Å². The summed E-state index contributed by atoms with van der Waals surface area (Å²) in [5.74, 6) is 0.121. The molecule has 0 atom stereocenters. The van der Waals surface area contributed by atoms with Crippen molar-refractivity contribution in [2.75, 3.05) is 7.11 Å². The number of carboxylic acids is 1. The lowest BCUT2D eigenvalue weighted by atomic mass is 9.88. The van der Waals surface area contributed by atoms with Gasteiger partial charge in [-0.2, -0.15) is 0 Å². The molecule has 0 saturated heterocycles. The van der Waals surface area contributed by atoms with Gasteiger partial charge in [0.1, 0.15) is 5.75 Å². The number of aliphatic carboxylic acids is 1. The number of carbonyl (C=O) groups is 1. The average molecular weight is 262 g/mol. The second kappa shape index (κ2) is 5.91. The van der Waals surface area contributed by atoms with Gasteiger partial charge in [-0.15, -0.1) is 0 Å². The van der Waals surface area contributed by atoms with Gasteiger partial charge in [0.05, 0.1) is 7.11 Å². The minimum absolute atomic E-state index is 0.155. The zero-order chi connectivity index (χ0) is 14.7.